The quantitative estimate of drug-likeness (QED) is 0.661. The van der Waals surface area contributed by atoms with Crippen LogP contribution in [0.2, 0.25) is 0 Å². The predicted molar refractivity (Wildman–Crippen MR) is 108 cm³/mol. The second-order valence-electron chi connectivity index (χ2n) is 7.90. The molecule has 0 fully saturated rings. The Morgan fingerprint density at radius 1 is 1.10 bits per heavy atom. The summed E-state index contributed by atoms with van der Waals surface area (Å²) in [7, 11) is -1.70. The molecule has 152 valence electrons. The maximum atomic E-state index is 13.4. The lowest BCUT2D eigenvalue weighted by molar-refractivity contribution is 0.385. The second kappa shape index (κ2) is 6.81. The SMILES string of the molecule is Cc1cnc(-c2nn(C)c3c2CN(S(=O)(=O)c2ccc4c(c2)CCCC4)CC3)o1. The fraction of sp³-hybridized carbons (Fsp3) is 0.429. The average molecular weight is 413 g/mol. The van der Waals surface area contributed by atoms with Gasteiger partial charge in [-0.1, -0.05) is 6.07 Å². The topological polar surface area (TPSA) is 81.2 Å². The van der Waals surface area contributed by atoms with Gasteiger partial charge in [0.05, 0.1) is 11.1 Å². The first-order valence-corrected chi connectivity index (χ1v) is 11.5. The molecule has 1 aromatic carbocycles. The number of sulfonamides is 1. The van der Waals surface area contributed by atoms with Crippen LogP contribution in [0.25, 0.3) is 11.6 Å². The van der Waals surface area contributed by atoms with E-state index >= 15 is 0 Å². The van der Waals surface area contributed by atoms with E-state index in [1.54, 1.807) is 16.6 Å². The van der Waals surface area contributed by atoms with Crippen molar-refractivity contribution < 1.29 is 12.8 Å². The summed E-state index contributed by atoms with van der Waals surface area (Å²) in [6, 6.07) is 5.62. The number of aromatic nitrogens is 3. The molecule has 0 bridgehead atoms. The molecule has 5 rings (SSSR count). The van der Waals surface area contributed by atoms with E-state index in [-0.39, 0.29) is 6.54 Å². The first-order valence-electron chi connectivity index (χ1n) is 10.0. The molecule has 3 aromatic rings. The zero-order valence-electron chi connectivity index (χ0n) is 16.7. The minimum Gasteiger partial charge on any atom is -0.440 e. The van der Waals surface area contributed by atoms with Gasteiger partial charge in [-0.25, -0.2) is 13.4 Å². The highest BCUT2D eigenvalue weighted by atomic mass is 32.2. The highest BCUT2D eigenvalue weighted by Gasteiger charge is 2.33. The molecule has 3 heterocycles. The van der Waals surface area contributed by atoms with Crippen LogP contribution in [0.4, 0.5) is 0 Å². The fourth-order valence-electron chi connectivity index (χ4n) is 4.43. The number of hydrogen-bond donors (Lipinski definition) is 0. The minimum atomic E-state index is -3.58. The van der Waals surface area contributed by atoms with Gasteiger partial charge in [-0.2, -0.15) is 9.40 Å². The lowest BCUT2D eigenvalue weighted by Gasteiger charge is -2.27. The van der Waals surface area contributed by atoms with Crippen molar-refractivity contribution in [3.63, 3.8) is 0 Å². The van der Waals surface area contributed by atoms with Crippen molar-refractivity contribution in [2.75, 3.05) is 6.54 Å². The van der Waals surface area contributed by atoms with Crippen molar-refractivity contribution in [1.29, 1.82) is 0 Å². The van der Waals surface area contributed by atoms with Gasteiger partial charge in [-0.15, -0.1) is 0 Å². The van der Waals surface area contributed by atoms with Gasteiger partial charge in [0.25, 0.3) is 0 Å². The normalized spacial score (nSPS) is 17.2. The standard InChI is InChI=1S/C21H24N4O3S/c1-14-12-22-21(28-14)20-18-13-25(10-9-19(18)24(2)23-20)29(26,27)17-8-7-15-5-3-4-6-16(15)11-17/h7-8,11-12H,3-6,9-10,13H2,1-2H3. The number of rotatable bonds is 3. The fourth-order valence-corrected chi connectivity index (χ4v) is 5.89. The molecule has 0 saturated heterocycles. The van der Waals surface area contributed by atoms with Crippen LogP contribution in [0.5, 0.6) is 0 Å². The van der Waals surface area contributed by atoms with Crippen LogP contribution in [0, 0.1) is 6.92 Å². The Kier molecular flexibility index (Phi) is 4.36. The Balaban J connectivity index is 1.50. The molecule has 2 aliphatic rings. The Morgan fingerprint density at radius 3 is 2.66 bits per heavy atom. The number of fused-ring (bicyclic) bond motifs is 2. The Bertz CT molecular complexity index is 1190. The lowest BCUT2D eigenvalue weighted by atomic mass is 9.92. The third-order valence-corrected chi connectivity index (χ3v) is 7.83. The highest BCUT2D eigenvalue weighted by molar-refractivity contribution is 7.89. The van der Waals surface area contributed by atoms with Crippen molar-refractivity contribution in [2.45, 2.75) is 50.5 Å². The van der Waals surface area contributed by atoms with Crippen LogP contribution >= 0.6 is 0 Å². The van der Waals surface area contributed by atoms with Crippen LogP contribution in [0.3, 0.4) is 0 Å². The van der Waals surface area contributed by atoms with E-state index in [2.05, 4.69) is 10.1 Å². The van der Waals surface area contributed by atoms with E-state index < -0.39 is 10.0 Å². The molecule has 0 radical (unpaired) electrons. The van der Waals surface area contributed by atoms with E-state index in [1.165, 1.54) is 17.5 Å². The van der Waals surface area contributed by atoms with Gasteiger partial charge >= 0.3 is 0 Å². The van der Waals surface area contributed by atoms with Crippen molar-refractivity contribution in [3.05, 3.63) is 52.5 Å². The summed E-state index contributed by atoms with van der Waals surface area (Å²) < 4.78 is 35.8. The molecule has 29 heavy (non-hydrogen) atoms. The lowest BCUT2D eigenvalue weighted by Crippen LogP contribution is -2.36. The van der Waals surface area contributed by atoms with Crippen molar-refractivity contribution in [3.8, 4) is 11.6 Å². The maximum absolute atomic E-state index is 13.4. The van der Waals surface area contributed by atoms with Crippen LogP contribution in [0.15, 0.2) is 33.7 Å². The summed E-state index contributed by atoms with van der Waals surface area (Å²) in [4.78, 5) is 4.68. The van der Waals surface area contributed by atoms with Crippen LogP contribution < -0.4 is 0 Å². The number of aryl methyl sites for hydroxylation is 4. The molecule has 0 saturated carbocycles. The molecule has 1 aliphatic carbocycles. The summed E-state index contributed by atoms with van der Waals surface area (Å²) in [5, 5.41) is 4.56. The van der Waals surface area contributed by atoms with Crippen molar-refractivity contribution in [2.24, 2.45) is 7.05 Å². The summed E-state index contributed by atoms with van der Waals surface area (Å²) in [6.07, 6.45) is 6.57. The molecule has 0 atom stereocenters. The first-order chi connectivity index (χ1) is 13.9. The highest BCUT2D eigenvalue weighted by Crippen LogP contribution is 2.33. The van der Waals surface area contributed by atoms with Gasteiger partial charge < -0.3 is 4.42 Å². The van der Waals surface area contributed by atoms with Crippen molar-refractivity contribution in [1.82, 2.24) is 19.1 Å². The summed E-state index contributed by atoms with van der Waals surface area (Å²) in [6.45, 7) is 2.55. The monoisotopic (exact) mass is 412 g/mol. The van der Waals surface area contributed by atoms with E-state index in [1.807, 2.05) is 30.8 Å². The van der Waals surface area contributed by atoms with Gasteiger partial charge in [0.15, 0.2) is 5.69 Å². The average Bonchev–Trinajstić information content (AvgIpc) is 3.30. The second-order valence-corrected chi connectivity index (χ2v) is 9.84. The molecule has 0 spiro atoms. The number of nitrogens with zero attached hydrogens (tertiary/aromatic N) is 4. The maximum Gasteiger partial charge on any atom is 0.247 e. The molecule has 2 aromatic heterocycles. The predicted octanol–water partition coefficient (Wildman–Crippen LogP) is 3.01. The van der Waals surface area contributed by atoms with Crippen LogP contribution in [0.1, 0.15) is 41.0 Å². The molecule has 1 aliphatic heterocycles. The Morgan fingerprint density at radius 2 is 1.90 bits per heavy atom. The number of benzene rings is 1. The van der Waals surface area contributed by atoms with E-state index in [0.717, 1.165) is 30.5 Å². The molecular weight excluding hydrogens is 388 g/mol. The van der Waals surface area contributed by atoms with E-state index in [0.29, 0.717) is 35.2 Å². The molecule has 0 unspecified atom stereocenters. The number of oxazole rings is 1. The third kappa shape index (κ3) is 3.11. The zero-order valence-corrected chi connectivity index (χ0v) is 17.5. The largest absolute Gasteiger partial charge is 0.440 e. The Hall–Kier alpha value is -2.45. The smallest absolute Gasteiger partial charge is 0.247 e. The zero-order chi connectivity index (χ0) is 20.2. The van der Waals surface area contributed by atoms with Gasteiger partial charge in [-0.05, 0) is 55.9 Å². The van der Waals surface area contributed by atoms with Gasteiger partial charge in [0.1, 0.15) is 5.76 Å². The van der Waals surface area contributed by atoms with Crippen LogP contribution in [-0.4, -0.2) is 34.0 Å². The summed E-state index contributed by atoms with van der Waals surface area (Å²) >= 11 is 0. The van der Waals surface area contributed by atoms with Crippen molar-refractivity contribution >= 4 is 10.0 Å². The molecule has 8 heteroatoms. The molecular formula is C21H24N4O3S. The van der Waals surface area contributed by atoms with Crippen LogP contribution in [-0.2, 0) is 42.9 Å². The summed E-state index contributed by atoms with van der Waals surface area (Å²) in [5.74, 6) is 1.14. The van der Waals surface area contributed by atoms with E-state index in [9.17, 15) is 8.42 Å². The molecule has 0 amide bonds. The third-order valence-electron chi connectivity index (χ3n) is 5.99. The Labute approximate surface area is 170 Å². The van der Waals surface area contributed by atoms with Gasteiger partial charge in [-0.3, -0.25) is 4.68 Å². The first kappa shape index (κ1) is 18.6. The van der Waals surface area contributed by atoms with Gasteiger partial charge in [0.2, 0.25) is 15.9 Å². The minimum absolute atomic E-state index is 0.277. The van der Waals surface area contributed by atoms with E-state index in [4.69, 9.17) is 4.42 Å². The summed E-state index contributed by atoms with van der Waals surface area (Å²) in [5.41, 5.74) is 4.99. The molecule has 0 N–H and O–H groups in total. The number of hydrogen-bond acceptors (Lipinski definition) is 5. The van der Waals surface area contributed by atoms with Gasteiger partial charge in [0, 0.05) is 37.8 Å². The molecule has 7 nitrogen and oxygen atoms in total.